The highest BCUT2D eigenvalue weighted by Gasteiger charge is 2.25. The molecule has 0 N–H and O–H groups in total. The predicted molar refractivity (Wildman–Crippen MR) is 233 cm³/mol. The van der Waals surface area contributed by atoms with Crippen molar-refractivity contribution in [3.05, 3.63) is 194 Å². The molecule has 0 fully saturated rings. The Morgan fingerprint density at radius 2 is 0.909 bits per heavy atom. The van der Waals surface area contributed by atoms with Crippen molar-refractivity contribution in [3.8, 4) is 44.8 Å². The molecule has 0 spiro atoms. The SMILES string of the molecule is c1ccc(-c2cccc(-c3ccc4c(c3)c3ccccc3n4-c3ccc4c(c3)Sc3cccc5c3c-4cc3c5c4ccccc4n3-c3ccccc3)c2)cc1. The zero-order valence-corrected chi connectivity index (χ0v) is 30.6. The first-order chi connectivity index (χ1) is 27.3. The van der Waals surface area contributed by atoms with Gasteiger partial charge in [0.2, 0.25) is 0 Å². The Hall–Kier alpha value is -6.81. The van der Waals surface area contributed by atoms with Crippen LogP contribution in [0, 0.1) is 0 Å². The van der Waals surface area contributed by atoms with Gasteiger partial charge in [0.15, 0.2) is 0 Å². The third kappa shape index (κ3) is 4.57. The van der Waals surface area contributed by atoms with Crippen molar-refractivity contribution in [1.82, 2.24) is 9.13 Å². The lowest BCUT2D eigenvalue weighted by molar-refractivity contribution is 1.16. The van der Waals surface area contributed by atoms with E-state index in [4.69, 9.17) is 0 Å². The zero-order valence-electron chi connectivity index (χ0n) is 29.8. The Bertz CT molecular complexity index is 3330. The molecule has 1 aliphatic rings. The van der Waals surface area contributed by atoms with Gasteiger partial charge in [-0.15, -0.1) is 0 Å². The van der Waals surface area contributed by atoms with Gasteiger partial charge in [0.1, 0.15) is 0 Å². The summed E-state index contributed by atoms with van der Waals surface area (Å²) in [6.45, 7) is 0. The molecule has 0 radical (unpaired) electrons. The third-order valence-electron chi connectivity index (χ3n) is 11.5. The van der Waals surface area contributed by atoms with Crippen LogP contribution in [0.25, 0.3) is 99.1 Å². The van der Waals surface area contributed by atoms with Crippen molar-refractivity contribution in [1.29, 1.82) is 0 Å². The fourth-order valence-corrected chi connectivity index (χ4v) is 10.2. The van der Waals surface area contributed by atoms with Gasteiger partial charge in [-0.2, -0.15) is 0 Å². The van der Waals surface area contributed by atoms with Crippen LogP contribution in [0.1, 0.15) is 0 Å². The van der Waals surface area contributed by atoms with Crippen molar-refractivity contribution >= 4 is 66.1 Å². The molecular formula is C52H32N2S. The molecule has 3 heterocycles. The summed E-state index contributed by atoms with van der Waals surface area (Å²) in [6, 6.07) is 71.3. The van der Waals surface area contributed by atoms with Crippen LogP contribution in [0.3, 0.4) is 0 Å². The Morgan fingerprint density at radius 1 is 0.291 bits per heavy atom. The van der Waals surface area contributed by atoms with E-state index >= 15 is 0 Å². The van der Waals surface area contributed by atoms with E-state index in [1.165, 1.54) is 109 Å². The standard InChI is InChI=1S/C52H32N2S/c1-3-13-33(14-4-1)34-15-11-16-35(29-34)36-25-28-47-43(30-36)39-19-7-9-22-45(39)54(47)38-26-27-40-44-32-48-51(42-21-12-24-49(52(42)44)55-50(40)31-38)41-20-8-10-23-46(41)53(48)37-17-5-2-6-18-37/h1-32H. The molecule has 0 amide bonds. The molecule has 0 aliphatic carbocycles. The minimum Gasteiger partial charge on any atom is -0.309 e. The van der Waals surface area contributed by atoms with Gasteiger partial charge in [-0.05, 0) is 105 Å². The fraction of sp³-hybridized carbons (Fsp3) is 0. The molecule has 55 heavy (non-hydrogen) atoms. The number of fused-ring (bicyclic) bond motifs is 9. The minimum atomic E-state index is 1.17. The van der Waals surface area contributed by atoms with Gasteiger partial charge in [0, 0.05) is 48.1 Å². The Labute approximate surface area is 322 Å². The van der Waals surface area contributed by atoms with Gasteiger partial charge in [0.25, 0.3) is 0 Å². The first kappa shape index (κ1) is 30.6. The number of hydrogen-bond donors (Lipinski definition) is 0. The van der Waals surface area contributed by atoms with Crippen LogP contribution >= 0.6 is 11.8 Å². The summed E-state index contributed by atoms with van der Waals surface area (Å²) in [5.74, 6) is 0. The van der Waals surface area contributed by atoms with Gasteiger partial charge >= 0.3 is 0 Å². The van der Waals surface area contributed by atoms with Crippen molar-refractivity contribution < 1.29 is 0 Å². The van der Waals surface area contributed by atoms with E-state index in [0.29, 0.717) is 0 Å². The molecule has 12 rings (SSSR count). The average Bonchev–Trinajstić information content (AvgIpc) is 3.77. The highest BCUT2D eigenvalue weighted by atomic mass is 32.2. The highest BCUT2D eigenvalue weighted by Crippen LogP contribution is 2.52. The third-order valence-corrected chi connectivity index (χ3v) is 12.6. The van der Waals surface area contributed by atoms with Crippen LogP contribution < -0.4 is 0 Å². The second-order valence-corrected chi connectivity index (χ2v) is 15.6. The smallest absolute Gasteiger partial charge is 0.0553 e. The molecule has 2 nitrogen and oxygen atoms in total. The molecule has 9 aromatic carbocycles. The maximum atomic E-state index is 2.45. The molecule has 2 aromatic heterocycles. The van der Waals surface area contributed by atoms with Gasteiger partial charge in [-0.1, -0.05) is 139 Å². The molecule has 256 valence electrons. The van der Waals surface area contributed by atoms with Gasteiger partial charge in [-0.3, -0.25) is 0 Å². The van der Waals surface area contributed by atoms with Crippen LogP contribution in [0.15, 0.2) is 204 Å². The fourth-order valence-electron chi connectivity index (χ4n) is 9.07. The summed E-state index contributed by atoms with van der Waals surface area (Å²) >= 11 is 1.89. The highest BCUT2D eigenvalue weighted by molar-refractivity contribution is 7.99. The van der Waals surface area contributed by atoms with E-state index in [9.17, 15) is 0 Å². The summed E-state index contributed by atoms with van der Waals surface area (Å²) in [5.41, 5.74) is 14.7. The lowest BCUT2D eigenvalue weighted by Crippen LogP contribution is -1.99. The summed E-state index contributed by atoms with van der Waals surface area (Å²) in [4.78, 5) is 2.58. The van der Waals surface area contributed by atoms with Crippen molar-refractivity contribution in [2.24, 2.45) is 0 Å². The topological polar surface area (TPSA) is 9.86 Å². The second kappa shape index (κ2) is 11.8. The van der Waals surface area contributed by atoms with Crippen LogP contribution in [0.2, 0.25) is 0 Å². The summed E-state index contributed by atoms with van der Waals surface area (Å²) in [6.07, 6.45) is 0. The molecule has 3 heteroatoms. The van der Waals surface area contributed by atoms with E-state index in [0.717, 1.165) is 0 Å². The minimum absolute atomic E-state index is 1.17. The number of benzene rings is 9. The molecule has 0 unspecified atom stereocenters. The van der Waals surface area contributed by atoms with E-state index in [2.05, 4.69) is 203 Å². The number of nitrogens with zero attached hydrogens (tertiary/aromatic N) is 2. The van der Waals surface area contributed by atoms with E-state index in [1.54, 1.807) is 0 Å². The quantitative estimate of drug-likeness (QED) is 0.176. The lowest BCUT2D eigenvalue weighted by Gasteiger charge is -2.22. The monoisotopic (exact) mass is 716 g/mol. The first-order valence-corrected chi connectivity index (χ1v) is 19.7. The number of rotatable bonds is 4. The Kier molecular flexibility index (Phi) is 6.60. The van der Waals surface area contributed by atoms with E-state index < -0.39 is 0 Å². The van der Waals surface area contributed by atoms with Crippen molar-refractivity contribution in [2.45, 2.75) is 9.79 Å². The van der Waals surface area contributed by atoms with Gasteiger partial charge in [0.05, 0.1) is 22.1 Å². The summed E-state index contributed by atoms with van der Waals surface area (Å²) in [7, 11) is 0. The van der Waals surface area contributed by atoms with Crippen molar-refractivity contribution in [2.75, 3.05) is 0 Å². The van der Waals surface area contributed by atoms with E-state index in [-0.39, 0.29) is 0 Å². The second-order valence-electron chi connectivity index (χ2n) is 14.5. The predicted octanol–water partition coefficient (Wildman–Crippen LogP) is 14.5. The first-order valence-electron chi connectivity index (χ1n) is 18.8. The largest absolute Gasteiger partial charge is 0.309 e. The zero-order chi connectivity index (χ0) is 36.0. The normalized spacial score (nSPS) is 12.3. The van der Waals surface area contributed by atoms with Gasteiger partial charge in [-0.25, -0.2) is 0 Å². The summed E-state index contributed by atoms with van der Waals surface area (Å²) < 4.78 is 4.88. The molecule has 0 bridgehead atoms. The van der Waals surface area contributed by atoms with E-state index in [1.807, 2.05) is 11.8 Å². The van der Waals surface area contributed by atoms with Crippen LogP contribution in [0.5, 0.6) is 0 Å². The Balaban J connectivity index is 1.04. The molecular weight excluding hydrogens is 685 g/mol. The number of para-hydroxylation sites is 3. The lowest BCUT2D eigenvalue weighted by atomic mass is 9.94. The van der Waals surface area contributed by atoms with Crippen LogP contribution in [0.4, 0.5) is 0 Å². The number of hydrogen-bond acceptors (Lipinski definition) is 1. The average molecular weight is 717 g/mol. The Morgan fingerprint density at radius 3 is 1.75 bits per heavy atom. The van der Waals surface area contributed by atoms with Crippen LogP contribution in [-0.4, -0.2) is 9.13 Å². The van der Waals surface area contributed by atoms with Crippen LogP contribution in [-0.2, 0) is 0 Å². The molecule has 1 aliphatic heterocycles. The van der Waals surface area contributed by atoms with Gasteiger partial charge < -0.3 is 9.13 Å². The maximum absolute atomic E-state index is 2.45. The molecule has 0 saturated carbocycles. The maximum Gasteiger partial charge on any atom is 0.0553 e. The molecule has 11 aromatic rings. The molecule has 0 atom stereocenters. The number of aromatic nitrogens is 2. The summed E-state index contributed by atoms with van der Waals surface area (Å²) in [5, 5.41) is 7.78. The van der Waals surface area contributed by atoms with Crippen molar-refractivity contribution in [3.63, 3.8) is 0 Å². The molecule has 0 saturated heterocycles.